The summed E-state index contributed by atoms with van der Waals surface area (Å²) in [4.78, 5) is 22.3. The van der Waals surface area contributed by atoms with E-state index in [-0.39, 0.29) is 5.82 Å². The third-order valence-electron chi connectivity index (χ3n) is 7.95. The first-order chi connectivity index (χ1) is 21.4. The van der Waals surface area contributed by atoms with Gasteiger partial charge in [-0.3, -0.25) is 4.90 Å². The maximum Gasteiger partial charge on any atom is 0.415 e. The van der Waals surface area contributed by atoms with Gasteiger partial charge in [0.2, 0.25) is 5.95 Å². The van der Waals surface area contributed by atoms with Crippen LogP contribution in [-0.2, 0) is 0 Å². The van der Waals surface area contributed by atoms with Crippen molar-refractivity contribution in [3.05, 3.63) is 66.4 Å². The van der Waals surface area contributed by atoms with Crippen molar-refractivity contribution in [2.45, 2.75) is 71.1 Å². The molecule has 3 unspecified atom stereocenters. The Morgan fingerprint density at radius 1 is 1.13 bits per heavy atom. The molecule has 12 heteroatoms. The van der Waals surface area contributed by atoms with E-state index in [1.54, 1.807) is 17.9 Å². The molecule has 2 bridgehead atoms. The van der Waals surface area contributed by atoms with E-state index in [9.17, 15) is 17.6 Å². The van der Waals surface area contributed by atoms with Crippen LogP contribution in [0, 0.1) is 0 Å². The third-order valence-corrected chi connectivity index (χ3v) is 8.08. The average Bonchev–Trinajstić information content (AvgIpc) is 3.61. The molecule has 1 aromatic rings. The van der Waals surface area contributed by atoms with Crippen molar-refractivity contribution < 1.29 is 17.6 Å². The minimum absolute atomic E-state index is 0.110. The highest BCUT2D eigenvalue weighted by molar-refractivity contribution is 6.21. The zero-order chi connectivity index (χ0) is 33.3. The molecule has 0 aliphatic carbocycles. The lowest BCUT2D eigenvalue weighted by atomic mass is 10.1. The number of aromatic nitrogens is 2. The normalized spacial score (nSPS) is 22.2. The summed E-state index contributed by atoms with van der Waals surface area (Å²) in [5.74, 6) is 0.656. The van der Waals surface area contributed by atoms with Crippen molar-refractivity contribution in [3.8, 4) is 0 Å². The van der Waals surface area contributed by atoms with Crippen molar-refractivity contribution in [1.29, 1.82) is 0 Å². The van der Waals surface area contributed by atoms with Crippen molar-refractivity contribution in [3.63, 3.8) is 0 Å². The Bertz CT molecular complexity index is 1300. The van der Waals surface area contributed by atoms with Crippen LogP contribution >= 0.6 is 11.6 Å². The Kier molecular flexibility index (Phi) is 13.2. The molecule has 4 heterocycles. The fourth-order valence-corrected chi connectivity index (χ4v) is 5.91. The minimum atomic E-state index is -4.49. The van der Waals surface area contributed by atoms with Crippen LogP contribution in [0.15, 0.2) is 65.7 Å². The Morgan fingerprint density at radius 2 is 1.82 bits per heavy atom. The quantitative estimate of drug-likeness (QED) is 0.108. The standard InChI is InChI=1S/C31H40ClF4N7.C2H6/c1-6-10-37-29(23(5)31(34,35)36)41-14-12-40(13-15-41)28-18-27(21(3)8-9-24(33)16-22(4)32)38-30(39-28)43-20-25-17-26(43)19-42(25)11-7-2;1-2/h6,8-10,16,18,22,25-26H,1,3,7,11-15,17,19-20H2,2,4-5H3;1-2H3/b9-8-,24-16?,29-23-,37-10-;. The molecule has 3 atom stereocenters. The number of nitrogens with zero attached hydrogens (tertiary/aromatic N) is 7. The molecular weight excluding hydrogens is 606 g/mol. The Hall–Kier alpha value is -3.18. The lowest BCUT2D eigenvalue weighted by Crippen LogP contribution is -2.48. The molecule has 3 saturated heterocycles. The Morgan fingerprint density at radius 3 is 2.38 bits per heavy atom. The van der Waals surface area contributed by atoms with E-state index in [0.29, 0.717) is 61.3 Å². The highest BCUT2D eigenvalue weighted by atomic mass is 35.5. The third kappa shape index (κ3) is 9.42. The summed E-state index contributed by atoms with van der Waals surface area (Å²) in [7, 11) is 0. The van der Waals surface area contributed by atoms with Crippen molar-refractivity contribution >= 4 is 35.2 Å². The summed E-state index contributed by atoms with van der Waals surface area (Å²) in [6, 6.07) is 2.55. The van der Waals surface area contributed by atoms with Crippen LogP contribution in [0.5, 0.6) is 0 Å². The van der Waals surface area contributed by atoms with Gasteiger partial charge in [0.05, 0.1) is 16.6 Å². The monoisotopic (exact) mass is 651 g/mol. The smallest absolute Gasteiger partial charge is 0.353 e. The summed E-state index contributed by atoms with van der Waals surface area (Å²) in [6.07, 6.45) is 4.46. The number of fused-ring (bicyclic) bond motifs is 2. The maximum atomic E-state index is 14.2. The largest absolute Gasteiger partial charge is 0.415 e. The fraction of sp³-hybridized carbons (Fsp3) is 0.545. The van der Waals surface area contributed by atoms with Gasteiger partial charge in [-0.2, -0.15) is 18.2 Å². The molecule has 0 aromatic carbocycles. The molecule has 3 fully saturated rings. The van der Waals surface area contributed by atoms with Crippen molar-refractivity contribution in [1.82, 2.24) is 19.8 Å². The van der Waals surface area contributed by atoms with Gasteiger partial charge in [-0.1, -0.05) is 46.1 Å². The average molecular weight is 652 g/mol. The number of likely N-dealkylation sites (tertiary alicyclic amines) is 1. The zero-order valence-electron chi connectivity index (χ0n) is 27.0. The second kappa shape index (κ2) is 16.4. The molecule has 0 amide bonds. The molecule has 3 aliphatic rings. The second-order valence-corrected chi connectivity index (χ2v) is 11.8. The van der Waals surface area contributed by atoms with E-state index in [4.69, 9.17) is 21.6 Å². The number of hydrogen-bond donors (Lipinski definition) is 0. The van der Waals surface area contributed by atoms with E-state index in [0.717, 1.165) is 39.4 Å². The molecule has 0 radical (unpaired) electrons. The van der Waals surface area contributed by atoms with Gasteiger partial charge >= 0.3 is 6.18 Å². The van der Waals surface area contributed by atoms with Crippen LogP contribution in [0.1, 0.15) is 53.2 Å². The first-order valence-corrected chi connectivity index (χ1v) is 16.1. The van der Waals surface area contributed by atoms with Crippen LogP contribution < -0.4 is 9.80 Å². The molecule has 3 aliphatic heterocycles. The number of alkyl halides is 4. The van der Waals surface area contributed by atoms with Gasteiger partial charge in [0.1, 0.15) is 17.5 Å². The number of aliphatic imine (C=N–C) groups is 1. The highest BCUT2D eigenvalue weighted by Gasteiger charge is 2.44. The molecule has 45 heavy (non-hydrogen) atoms. The van der Waals surface area contributed by atoms with Crippen LogP contribution in [0.25, 0.3) is 5.57 Å². The van der Waals surface area contributed by atoms with Gasteiger partial charge in [0.25, 0.3) is 0 Å². The summed E-state index contributed by atoms with van der Waals surface area (Å²) in [6.45, 7) is 20.9. The number of rotatable bonds is 11. The molecular formula is C33H46ClF4N7. The number of anilines is 2. The van der Waals surface area contributed by atoms with Crippen LogP contribution in [0.2, 0.25) is 0 Å². The zero-order valence-corrected chi connectivity index (χ0v) is 27.8. The molecule has 0 spiro atoms. The van der Waals surface area contributed by atoms with Crippen LogP contribution in [-0.4, -0.2) is 95.4 Å². The van der Waals surface area contributed by atoms with E-state index < -0.39 is 23.0 Å². The first-order valence-electron chi connectivity index (χ1n) is 15.6. The summed E-state index contributed by atoms with van der Waals surface area (Å²) in [5.41, 5.74) is 0.318. The summed E-state index contributed by atoms with van der Waals surface area (Å²) >= 11 is 5.88. The van der Waals surface area contributed by atoms with Gasteiger partial charge in [-0.25, -0.2) is 14.4 Å². The molecule has 248 valence electrons. The van der Waals surface area contributed by atoms with Gasteiger partial charge in [0.15, 0.2) is 0 Å². The lowest BCUT2D eigenvalue weighted by Gasteiger charge is -2.38. The predicted octanol–water partition coefficient (Wildman–Crippen LogP) is 7.40. The summed E-state index contributed by atoms with van der Waals surface area (Å²) in [5, 5.41) is -0.454. The lowest BCUT2D eigenvalue weighted by molar-refractivity contribution is -0.0935. The van der Waals surface area contributed by atoms with Gasteiger partial charge < -0.3 is 14.7 Å². The van der Waals surface area contributed by atoms with Crippen molar-refractivity contribution in [2.75, 3.05) is 55.6 Å². The van der Waals surface area contributed by atoms with Gasteiger partial charge in [0, 0.05) is 63.6 Å². The van der Waals surface area contributed by atoms with Gasteiger partial charge in [-0.15, -0.1) is 11.6 Å². The number of halogens is 5. The highest BCUT2D eigenvalue weighted by Crippen LogP contribution is 2.35. The minimum Gasteiger partial charge on any atom is -0.353 e. The number of piperazine rings is 2. The van der Waals surface area contributed by atoms with E-state index in [2.05, 4.69) is 34.9 Å². The first kappa shape index (κ1) is 36.3. The molecule has 0 N–H and O–H groups in total. The fourth-order valence-electron chi connectivity index (χ4n) is 5.79. The second-order valence-electron chi connectivity index (χ2n) is 11.1. The predicted molar refractivity (Wildman–Crippen MR) is 179 cm³/mol. The number of allylic oxidation sites excluding steroid dienone is 7. The Balaban J connectivity index is 0.00000271. The van der Waals surface area contributed by atoms with Crippen molar-refractivity contribution in [2.24, 2.45) is 4.99 Å². The van der Waals surface area contributed by atoms with Crippen LogP contribution in [0.3, 0.4) is 0 Å². The molecule has 0 saturated carbocycles. The number of hydrogen-bond acceptors (Lipinski definition) is 7. The van der Waals surface area contributed by atoms with Crippen LogP contribution in [0.4, 0.5) is 29.3 Å². The summed E-state index contributed by atoms with van der Waals surface area (Å²) < 4.78 is 55.0. The molecule has 4 rings (SSSR count). The van der Waals surface area contributed by atoms with Gasteiger partial charge in [-0.05, 0) is 51.0 Å². The van der Waals surface area contributed by atoms with E-state index in [1.165, 1.54) is 24.4 Å². The molecule has 1 aromatic heterocycles. The topological polar surface area (TPSA) is 51.1 Å². The Labute approximate surface area is 270 Å². The van der Waals surface area contributed by atoms with E-state index >= 15 is 0 Å². The van der Waals surface area contributed by atoms with E-state index in [1.807, 2.05) is 24.8 Å². The molecule has 7 nitrogen and oxygen atoms in total. The SMILES string of the molecule is C=C/C=N\C(=C(/C)C(F)(F)F)N1CCN(c2cc(C(=C)/C=C\C(F)=CC(C)Cl)nc(N3CC4CC3CN4CCC)n2)CC1.CC. The maximum absolute atomic E-state index is 14.2.